The molecule has 3 rings (SSSR count). The van der Waals surface area contributed by atoms with Crippen LogP contribution in [0.25, 0.3) is 10.9 Å². The maximum Gasteiger partial charge on any atom is 0.227 e. The number of fused-ring (bicyclic) bond motifs is 1. The summed E-state index contributed by atoms with van der Waals surface area (Å²) in [5, 5.41) is 2.70. The van der Waals surface area contributed by atoms with Gasteiger partial charge in [0.25, 0.3) is 0 Å². The number of hydrogen-bond acceptors (Lipinski definition) is 4. The largest absolute Gasteiger partial charge is 0.349 e. The molecule has 18 heavy (non-hydrogen) atoms. The molecular weight excluding hydrogens is 291 g/mol. The minimum atomic E-state index is 0.0913. The summed E-state index contributed by atoms with van der Waals surface area (Å²) < 4.78 is 0. The second-order valence-electron chi connectivity index (χ2n) is 3.48. The number of benzene rings is 1. The van der Waals surface area contributed by atoms with Crippen molar-refractivity contribution in [1.29, 1.82) is 0 Å². The Morgan fingerprint density at radius 1 is 1.00 bits per heavy atom. The summed E-state index contributed by atoms with van der Waals surface area (Å²) in [6.07, 6.45) is 0. The van der Waals surface area contributed by atoms with Gasteiger partial charge in [-0.05, 0) is 47.1 Å². The van der Waals surface area contributed by atoms with Gasteiger partial charge in [-0.15, -0.1) is 0 Å². The maximum atomic E-state index is 5.72. The van der Waals surface area contributed by atoms with E-state index in [9.17, 15) is 0 Å². The first-order valence-corrected chi connectivity index (χ1v) is 6.60. The molecule has 3 aromatic rings. The van der Waals surface area contributed by atoms with Crippen molar-refractivity contribution in [2.75, 3.05) is 0 Å². The molecule has 0 amide bonds. The van der Waals surface area contributed by atoms with Crippen molar-refractivity contribution in [3.05, 3.63) is 40.9 Å². The molecule has 2 heterocycles. The van der Waals surface area contributed by atoms with Crippen LogP contribution >= 0.6 is 35.0 Å². The third-order valence-corrected chi connectivity index (χ3v) is 3.41. The van der Waals surface area contributed by atoms with Gasteiger partial charge in [0.15, 0.2) is 5.16 Å². The number of hydrogen-bond donors (Lipinski definition) is 1. The fourth-order valence-electron chi connectivity index (χ4n) is 1.55. The fraction of sp³-hybridized carbons (Fsp3) is 0. The molecule has 0 spiro atoms. The highest BCUT2D eigenvalue weighted by Gasteiger charge is 2.07. The number of H-pyrrole nitrogens is 1. The van der Waals surface area contributed by atoms with Crippen LogP contribution in [0.3, 0.4) is 0 Å². The summed E-state index contributed by atoms with van der Waals surface area (Å²) in [6, 6.07) is 10.0. The molecule has 2 aromatic heterocycles. The van der Waals surface area contributed by atoms with Crippen molar-refractivity contribution in [1.82, 2.24) is 19.9 Å². The van der Waals surface area contributed by atoms with Gasteiger partial charge in [-0.2, -0.15) is 15.0 Å². The summed E-state index contributed by atoms with van der Waals surface area (Å²) in [5.74, 6) is 0. The van der Waals surface area contributed by atoms with Crippen molar-refractivity contribution in [3.63, 3.8) is 0 Å². The lowest BCUT2D eigenvalue weighted by atomic mass is 10.3. The number of aromatic amines is 1. The summed E-state index contributed by atoms with van der Waals surface area (Å²) in [6.45, 7) is 0. The van der Waals surface area contributed by atoms with E-state index >= 15 is 0 Å². The van der Waals surface area contributed by atoms with Gasteiger partial charge in [-0.25, -0.2) is 0 Å². The van der Waals surface area contributed by atoms with Crippen LogP contribution in [0.5, 0.6) is 0 Å². The van der Waals surface area contributed by atoms with Gasteiger partial charge >= 0.3 is 0 Å². The molecule has 0 saturated heterocycles. The lowest BCUT2D eigenvalue weighted by Gasteiger charge is -1.97. The van der Waals surface area contributed by atoms with Crippen LogP contribution in [-0.2, 0) is 0 Å². The minimum Gasteiger partial charge on any atom is -0.349 e. The van der Waals surface area contributed by atoms with Crippen molar-refractivity contribution < 1.29 is 0 Å². The van der Waals surface area contributed by atoms with Crippen LogP contribution in [-0.4, -0.2) is 19.9 Å². The van der Waals surface area contributed by atoms with E-state index in [1.54, 1.807) is 0 Å². The lowest BCUT2D eigenvalue weighted by molar-refractivity contribution is 0.902. The normalized spacial score (nSPS) is 11.0. The van der Waals surface area contributed by atoms with E-state index in [4.69, 9.17) is 23.2 Å². The fourth-order valence-corrected chi connectivity index (χ4v) is 2.83. The summed E-state index contributed by atoms with van der Waals surface area (Å²) in [4.78, 5) is 15.0. The Labute approximate surface area is 117 Å². The first-order chi connectivity index (χ1) is 8.70. The number of para-hydroxylation sites is 1. The molecule has 4 nitrogen and oxygen atoms in total. The molecule has 7 heteroatoms. The van der Waals surface area contributed by atoms with Crippen LogP contribution in [0, 0.1) is 0 Å². The number of rotatable bonds is 2. The molecule has 0 bridgehead atoms. The van der Waals surface area contributed by atoms with Gasteiger partial charge in [0, 0.05) is 10.9 Å². The standard InChI is InChI=1S/C11H6Cl2N4S/c12-9-15-10(13)17-11(16-9)18-8-5-6-3-1-2-4-7(6)14-8/h1-5,14H. The molecule has 0 saturated carbocycles. The van der Waals surface area contributed by atoms with Crippen molar-refractivity contribution in [2.45, 2.75) is 10.2 Å². The van der Waals surface area contributed by atoms with Crippen molar-refractivity contribution in [3.8, 4) is 0 Å². The number of aromatic nitrogens is 4. The predicted octanol–water partition coefficient (Wildman–Crippen LogP) is 3.81. The quantitative estimate of drug-likeness (QED) is 0.781. The smallest absolute Gasteiger partial charge is 0.227 e. The van der Waals surface area contributed by atoms with Gasteiger partial charge in [0.05, 0.1) is 5.03 Å². The molecule has 0 unspecified atom stereocenters. The second-order valence-corrected chi connectivity index (χ2v) is 5.16. The van der Waals surface area contributed by atoms with Gasteiger partial charge in [0.2, 0.25) is 10.6 Å². The molecule has 0 aliphatic heterocycles. The first-order valence-electron chi connectivity index (χ1n) is 5.03. The van der Waals surface area contributed by atoms with E-state index in [-0.39, 0.29) is 10.6 Å². The lowest BCUT2D eigenvalue weighted by Crippen LogP contribution is -1.91. The Morgan fingerprint density at radius 2 is 1.72 bits per heavy atom. The Hall–Kier alpha value is -1.30. The highest BCUT2D eigenvalue weighted by molar-refractivity contribution is 7.99. The predicted molar refractivity (Wildman–Crippen MR) is 72.3 cm³/mol. The van der Waals surface area contributed by atoms with Gasteiger partial charge in [0.1, 0.15) is 0 Å². The molecule has 90 valence electrons. The van der Waals surface area contributed by atoms with Crippen LogP contribution < -0.4 is 0 Å². The van der Waals surface area contributed by atoms with E-state index in [1.807, 2.05) is 30.3 Å². The van der Waals surface area contributed by atoms with Crippen molar-refractivity contribution in [2.24, 2.45) is 0 Å². The summed E-state index contributed by atoms with van der Waals surface area (Å²) >= 11 is 12.8. The van der Waals surface area contributed by atoms with Crippen LogP contribution in [0.2, 0.25) is 10.6 Å². The zero-order valence-electron chi connectivity index (χ0n) is 8.89. The zero-order valence-corrected chi connectivity index (χ0v) is 11.2. The monoisotopic (exact) mass is 296 g/mol. The second kappa shape index (κ2) is 4.76. The third-order valence-electron chi connectivity index (χ3n) is 2.27. The minimum absolute atomic E-state index is 0.0913. The van der Waals surface area contributed by atoms with E-state index in [0.29, 0.717) is 5.16 Å². The molecule has 0 aliphatic rings. The van der Waals surface area contributed by atoms with Gasteiger partial charge < -0.3 is 4.98 Å². The van der Waals surface area contributed by atoms with Crippen molar-refractivity contribution >= 4 is 45.9 Å². The Bertz CT molecular complexity index is 660. The number of halogens is 2. The molecule has 0 aliphatic carbocycles. The van der Waals surface area contributed by atoms with Crippen LogP contribution in [0.15, 0.2) is 40.5 Å². The highest BCUT2D eigenvalue weighted by Crippen LogP contribution is 2.28. The average Bonchev–Trinajstić information content (AvgIpc) is 2.69. The van der Waals surface area contributed by atoms with E-state index in [2.05, 4.69) is 19.9 Å². The molecule has 0 radical (unpaired) electrons. The van der Waals surface area contributed by atoms with Gasteiger partial charge in [-0.3, -0.25) is 0 Å². The number of nitrogens with one attached hydrogen (secondary N) is 1. The van der Waals surface area contributed by atoms with E-state index in [1.165, 1.54) is 11.8 Å². The Kier molecular flexibility index (Phi) is 3.11. The Morgan fingerprint density at radius 3 is 2.44 bits per heavy atom. The van der Waals surface area contributed by atoms with Crippen LogP contribution in [0.1, 0.15) is 0 Å². The van der Waals surface area contributed by atoms with E-state index < -0.39 is 0 Å². The highest BCUT2D eigenvalue weighted by atomic mass is 35.5. The molecule has 0 fully saturated rings. The number of nitrogens with zero attached hydrogens (tertiary/aromatic N) is 3. The molecular formula is C11H6Cl2N4S. The topological polar surface area (TPSA) is 54.5 Å². The first kappa shape index (κ1) is 11.8. The summed E-state index contributed by atoms with van der Waals surface area (Å²) in [5.41, 5.74) is 1.06. The molecule has 1 aromatic carbocycles. The van der Waals surface area contributed by atoms with Gasteiger partial charge in [-0.1, -0.05) is 18.2 Å². The maximum absolute atomic E-state index is 5.72. The third kappa shape index (κ3) is 2.43. The SMILES string of the molecule is Clc1nc(Cl)nc(Sc2cc3ccccc3[nH]2)n1. The van der Waals surface area contributed by atoms with Crippen LogP contribution in [0.4, 0.5) is 0 Å². The molecule has 0 atom stereocenters. The summed E-state index contributed by atoms with van der Waals surface area (Å²) in [7, 11) is 0. The van der Waals surface area contributed by atoms with E-state index in [0.717, 1.165) is 15.9 Å². The Balaban J connectivity index is 1.96. The zero-order chi connectivity index (χ0) is 12.5. The molecule has 1 N–H and O–H groups in total. The average molecular weight is 297 g/mol.